The lowest BCUT2D eigenvalue weighted by Crippen LogP contribution is -2.50. The molecule has 0 spiro atoms. The van der Waals surface area contributed by atoms with Crippen molar-refractivity contribution in [2.45, 2.75) is 37.7 Å². The predicted molar refractivity (Wildman–Crippen MR) is 83.0 cm³/mol. The molecule has 0 saturated heterocycles. The largest absolute Gasteiger partial charge is 0.389 e. The van der Waals surface area contributed by atoms with Crippen LogP contribution in [0.5, 0.6) is 0 Å². The van der Waals surface area contributed by atoms with E-state index in [4.69, 9.17) is 11.6 Å². The molecular weight excluding hydrogens is 302 g/mol. The topological polar surface area (TPSA) is 66.6 Å². The molecule has 2 aliphatic carbocycles. The number of carbonyl (C=O) groups excluding carboxylic acids is 1. The van der Waals surface area contributed by atoms with Gasteiger partial charge in [0.15, 0.2) is 0 Å². The molecule has 0 bridgehead atoms. The summed E-state index contributed by atoms with van der Waals surface area (Å²) < 4.78 is 1.60. The highest BCUT2D eigenvalue weighted by Crippen LogP contribution is 2.60. The number of fused-ring (bicyclic) bond motifs is 1. The molecule has 2 heterocycles. The Morgan fingerprint density at radius 3 is 2.82 bits per heavy atom. The summed E-state index contributed by atoms with van der Waals surface area (Å²) in [4.78, 5) is 12.5. The zero-order valence-electron chi connectivity index (χ0n) is 12.2. The standard InChI is InChI=1S/C16H18ClN3O2/c17-12-3-1-8-20-13(12)11(9-19-20)14(21)18-10-15(6-7-15)16(22)4-2-5-16/h1,3,8-9,22H,2,4-7,10H2,(H,18,21). The Bertz CT molecular complexity index is 747. The number of aliphatic hydroxyl groups is 1. The Morgan fingerprint density at radius 1 is 1.41 bits per heavy atom. The Balaban J connectivity index is 1.53. The smallest absolute Gasteiger partial charge is 0.255 e. The minimum Gasteiger partial charge on any atom is -0.389 e. The zero-order chi connectivity index (χ0) is 15.4. The molecule has 6 heteroatoms. The molecular formula is C16H18ClN3O2. The fraction of sp³-hybridized carbons (Fsp3) is 0.500. The van der Waals surface area contributed by atoms with E-state index in [1.165, 1.54) is 6.20 Å². The van der Waals surface area contributed by atoms with Crippen molar-refractivity contribution >= 4 is 23.0 Å². The molecule has 2 aromatic rings. The maximum atomic E-state index is 12.5. The number of hydrogen-bond acceptors (Lipinski definition) is 3. The van der Waals surface area contributed by atoms with E-state index in [0.717, 1.165) is 32.1 Å². The van der Waals surface area contributed by atoms with Gasteiger partial charge in [-0.1, -0.05) is 11.6 Å². The first-order valence-corrected chi connectivity index (χ1v) is 8.05. The molecule has 0 atom stereocenters. The Morgan fingerprint density at radius 2 is 2.18 bits per heavy atom. The molecule has 2 saturated carbocycles. The summed E-state index contributed by atoms with van der Waals surface area (Å²) in [5, 5.41) is 18.2. The van der Waals surface area contributed by atoms with Crippen LogP contribution >= 0.6 is 11.6 Å². The number of halogens is 1. The third-order valence-corrected chi connectivity index (χ3v) is 5.65. The summed E-state index contributed by atoms with van der Waals surface area (Å²) in [6.07, 6.45) is 8.05. The van der Waals surface area contributed by atoms with E-state index in [2.05, 4.69) is 10.4 Å². The minimum absolute atomic E-state index is 0.117. The molecule has 116 valence electrons. The number of nitrogens with one attached hydrogen (secondary N) is 1. The van der Waals surface area contributed by atoms with Gasteiger partial charge < -0.3 is 10.4 Å². The van der Waals surface area contributed by atoms with Crippen LogP contribution in [0.3, 0.4) is 0 Å². The van der Waals surface area contributed by atoms with Gasteiger partial charge in [0.05, 0.1) is 27.9 Å². The van der Waals surface area contributed by atoms with E-state index < -0.39 is 5.60 Å². The predicted octanol–water partition coefficient (Wildman–Crippen LogP) is 2.41. The molecule has 0 unspecified atom stereocenters. The molecule has 0 aromatic carbocycles. The second-order valence-electron chi connectivity index (χ2n) is 6.56. The Hall–Kier alpha value is -1.59. The Kier molecular flexibility index (Phi) is 3.00. The van der Waals surface area contributed by atoms with Crippen LogP contribution in [0.1, 0.15) is 42.5 Å². The molecule has 2 aliphatic rings. The molecule has 0 aliphatic heterocycles. The number of amides is 1. The molecule has 22 heavy (non-hydrogen) atoms. The van der Waals surface area contributed by atoms with Gasteiger partial charge in [0.25, 0.3) is 5.91 Å². The van der Waals surface area contributed by atoms with Gasteiger partial charge in [0, 0.05) is 18.2 Å². The average molecular weight is 320 g/mol. The summed E-state index contributed by atoms with van der Waals surface area (Å²) in [6, 6.07) is 3.53. The van der Waals surface area contributed by atoms with Gasteiger partial charge in [-0.3, -0.25) is 4.79 Å². The van der Waals surface area contributed by atoms with Crippen molar-refractivity contribution < 1.29 is 9.90 Å². The monoisotopic (exact) mass is 319 g/mol. The number of pyridine rings is 1. The van der Waals surface area contributed by atoms with E-state index in [0.29, 0.717) is 22.6 Å². The van der Waals surface area contributed by atoms with Crippen molar-refractivity contribution in [3.8, 4) is 0 Å². The molecule has 2 N–H and O–H groups in total. The third-order valence-electron chi connectivity index (χ3n) is 5.34. The molecule has 0 radical (unpaired) electrons. The second kappa shape index (κ2) is 4.70. The van der Waals surface area contributed by atoms with Crippen molar-refractivity contribution in [2.24, 2.45) is 5.41 Å². The highest BCUT2D eigenvalue weighted by molar-refractivity contribution is 6.34. The normalized spacial score (nSPS) is 21.4. The van der Waals surface area contributed by atoms with E-state index in [-0.39, 0.29) is 11.3 Å². The van der Waals surface area contributed by atoms with Gasteiger partial charge >= 0.3 is 0 Å². The average Bonchev–Trinajstić information content (AvgIpc) is 3.14. The Labute approximate surface area is 133 Å². The fourth-order valence-corrected chi connectivity index (χ4v) is 3.77. The van der Waals surface area contributed by atoms with Crippen molar-refractivity contribution in [2.75, 3.05) is 6.54 Å². The molecule has 4 rings (SSSR count). The molecule has 1 amide bonds. The van der Waals surface area contributed by atoms with Crippen LogP contribution in [0.4, 0.5) is 0 Å². The SMILES string of the molecule is O=C(NCC1(C2(O)CCC2)CC1)c1cnn2cccc(Cl)c12. The van der Waals surface area contributed by atoms with Gasteiger partial charge in [-0.25, -0.2) is 4.52 Å². The summed E-state index contributed by atoms with van der Waals surface area (Å²) in [7, 11) is 0. The lowest BCUT2D eigenvalue weighted by Gasteiger charge is -2.44. The van der Waals surface area contributed by atoms with Gasteiger partial charge in [-0.15, -0.1) is 0 Å². The van der Waals surface area contributed by atoms with Crippen LogP contribution < -0.4 is 5.32 Å². The van der Waals surface area contributed by atoms with E-state index >= 15 is 0 Å². The number of carbonyl (C=O) groups is 1. The summed E-state index contributed by atoms with van der Waals surface area (Å²) >= 11 is 6.17. The number of rotatable bonds is 4. The van der Waals surface area contributed by atoms with Crippen LogP contribution in [-0.4, -0.2) is 32.8 Å². The summed E-state index contributed by atoms with van der Waals surface area (Å²) in [5.41, 5.74) is 0.406. The van der Waals surface area contributed by atoms with Gasteiger partial charge in [0.1, 0.15) is 0 Å². The van der Waals surface area contributed by atoms with E-state index in [9.17, 15) is 9.90 Å². The first-order valence-electron chi connectivity index (χ1n) is 7.67. The van der Waals surface area contributed by atoms with E-state index in [1.807, 2.05) is 0 Å². The van der Waals surface area contributed by atoms with Crippen LogP contribution in [0.25, 0.3) is 5.52 Å². The summed E-state index contributed by atoms with van der Waals surface area (Å²) in [6.45, 7) is 0.518. The number of aromatic nitrogens is 2. The van der Waals surface area contributed by atoms with E-state index in [1.54, 1.807) is 22.8 Å². The lowest BCUT2D eigenvalue weighted by atomic mass is 9.69. The van der Waals surface area contributed by atoms with Crippen molar-refractivity contribution in [3.05, 3.63) is 35.1 Å². The molecule has 5 nitrogen and oxygen atoms in total. The molecule has 2 fully saturated rings. The van der Waals surface area contributed by atoms with Crippen molar-refractivity contribution in [3.63, 3.8) is 0 Å². The second-order valence-corrected chi connectivity index (χ2v) is 6.96. The van der Waals surface area contributed by atoms with Crippen LogP contribution in [0, 0.1) is 5.41 Å². The zero-order valence-corrected chi connectivity index (χ0v) is 12.9. The highest BCUT2D eigenvalue weighted by Gasteiger charge is 2.60. The van der Waals surface area contributed by atoms with Crippen molar-refractivity contribution in [1.82, 2.24) is 14.9 Å². The first-order chi connectivity index (χ1) is 10.5. The summed E-state index contributed by atoms with van der Waals surface area (Å²) in [5.74, 6) is -0.183. The quantitative estimate of drug-likeness (QED) is 0.909. The molecule has 2 aromatic heterocycles. The van der Waals surface area contributed by atoms with Gasteiger partial charge in [0.2, 0.25) is 0 Å². The minimum atomic E-state index is -0.570. The number of hydrogen-bond donors (Lipinski definition) is 2. The maximum absolute atomic E-state index is 12.5. The first kappa shape index (κ1) is 14.0. The lowest BCUT2D eigenvalue weighted by molar-refractivity contribution is -0.0947. The van der Waals surface area contributed by atoms with Crippen LogP contribution in [0.15, 0.2) is 24.5 Å². The van der Waals surface area contributed by atoms with Gasteiger partial charge in [-0.2, -0.15) is 5.10 Å². The van der Waals surface area contributed by atoms with Gasteiger partial charge in [-0.05, 0) is 44.2 Å². The maximum Gasteiger partial charge on any atom is 0.255 e. The number of nitrogens with zero attached hydrogens (tertiary/aromatic N) is 2. The fourth-order valence-electron chi connectivity index (χ4n) is 3.51. The van der Waals surface area contributed by atoms with Crippen LogP contribution in [0.2, 0.25) is 5.02 Å². The highest BCUT2D eigenvalue weighted by atomic mass is 35.5. The van der Waals surface area contributed by atoms with Crippen molar-refractivity contribution in [1.29, 1.82) is 0 Å². The third kappa shape index (κ3) is 1.96. The van der Waals surface area contributed by atoms with Crippen LogP contribution in [-0.2, 0) is 0 Å².